The van der Waals surface area contributed by atoms with Crippen molar-refractivity contribution in [2.75, 3.05) is 13.1 Å². The van der Waals surface area contributed by atoms with Crippen LogP contribution in [0, 0.1) is 5.92 Å². The number of amides is 1. The number of piperidine rings is 1. The van der Waals surface area contributed by atoms with Gasteiger partial charge in [-0.2, -0.15) is 0 Å². The van der Waals surface area contributed by atoms with Gasteiger partial charge in [-0.05, 0) is 38.5 Å². The Balaban J connectivity index is 1.72. The summed E-state index contributed by atoms with van der Waals surface area (Å²) in [5.74, 6) is 1.12. The van der Waals surface area contributed by atoms with E-state index in [0.717, 1.165) is 31.8 Å². The second-order valence-electron chi connectivity index (χ2n) is 5.78. The molecule has 0 bridgehead atoms. The summed E-state index contributed by atoms with van der Waals surface area (Å²) in [6, 6.07) is 1.28. The smallest absolute Gasteiger partial charge is 0.219 e. The Morgan fingerprint density at radius 2 is 1.76 bits per heavy atom. The van der Waals surface area contributed by atoms with Gasteiger partial charge in [-0.15, -0.1) is 0 Å². The molecule has 0 aromatic carbocycles. The molecule has 1 aliphatic heterocycles. The first-order chi connectivity index (χ1) is 8.16. The van der Waals surface area contributed by atoms with Crippen molar-refractivity contribution in [1.82, 2.24) is 10.2 Å². The Kier molecular flexibility index (Phi) is 4.43. The highest BCUT2D eigenvalue weighted by atomic mass is 16.2. The van der Waals surface area contributed by atoms with Crippen LogP contribution in [0.15, 0.2) is 0 Å². The molecule has 1 saturated heterocycles. The van der Waals surface area contributed by atoms with E-state index in [0.29, 0.717) is 12.1 Å². The average Bonchev–Trinajstić information content (AvgIpc) is 2.83. The Bertz CT molecular complexity index is 253. The third-order valence-corrected chi connectivity index (χ3v) is 4.55. The molecule has 2 fully saturated rings. The lowest BCUT2D eigenvalue weighted by molar-refractivity contribution is -0.129. The van der Waals surface area contributed by atoms with Crippen LogP contribution >= 0.6 is 0 Å². The normalized spacial score (nSPS) is 25.2. The second kappa shape index (κ2) is 5.85. The van der Waals surface area contributed by atoms with Crippen LogP contribution in [-0.4, -0.2) is 36.0 Å². The van der Waals surface area contributed by atoms with Gasteiger partial charge >= 0.3 is 0 Å². The summed E-state index contributed by atoms with van der Waals surface area (Å²) in [5.41, 5.74) is 0. The fourth-order valence-corrected chi connectivity index (χ4v) is 3.33. The molecule has 3 nitrogen and oxygen atoms in total. The Labute approximate surface area is 105 Å². The lowest BCUT2D eigenvalue weighted by Crippen LogP contribution is -2.48. The van der Waals surface area contributed by atoms with Crippen molar-refractivity contribution >= 4 is 5.91 Å². The van der Waals surface area contributed by atoms with Crippen molar-refractivity contribution in [2.24, 2.45) is 5.92 Å². The molecule has 0 aromatic heterocycles. The van der Waals surface area contributed by atoms with E-state index in [1.165, 1.54) is 25.7 Å². The van der Waals surface area contributed by atoms with Gasteiger partial charge in [-0.1, -0.05) is 12.8 Å². The first kappa shape index (κ1) is 12.9. The topological polar surface area (TPSA) is 32.3 Å². The zero-order valence-electron chi connectivity index (χ0n) is 11.2. The van der Waals surface area contributed by atoms with Crippen molar-refractivity contribution in [3.63, 3.8) is 0 Å². The minimum atomic E-state index is 0.229. The molecule has 2 rings (SSSR count). The van der Waals surface area contributed by atoms with Gasteiger partial charge in [-0.25, -0.2) is 0 Å². The van der Waals surface area contributed by atoms with E-state index in [1.54, 1.807) is 6.92 Å². The summed E-state index contributed by atoms with van der Waals surface area (Å²) in [6.45, 7) is 5.89. The SMILES string of the molecule is CC(=O)N1CCC(N[C@H](C)C2CCCC2)CC1. The summed E-state index contributed by atoms with van der Waals surface area (Å²) in [4.78, 5) is 13.2. The monoisotopic (exact) mass is 238 g/mol. The third kappa shape index (κ3) is 3.44. The highest BCUT2D eigenvalue weighted by molar-refractivity contribution is 5.73. The molecule has 1 saturated carbocycles. The summed E-state index contributed by atoms with van der Waals surface area (Å²) < 4.78 is 0. The fourth-order valence-electron chi connectivity index (χ4n) is 3.33. The predicted molar refractivity (Wildman–Crippen MR) is 69.8 cm³/mol. The molecule has 0 radical (unpaired) electrons. The third-order valence-electron chi connectivity index (χ3n) is 4.55. The molecular weight excluding hydrogens is 212 g/mol. The number of nitrogens with one attached hydrogen (secondary N) is 1. The van der Waals surface area contributed by atoms with Crippen LogP contribution in [0.1, 0.15) is 52.4 Å². The first-order valence-electron chi connectivity index (χ1n) is 7.18. The van der Waals surface area contributed by atoms with E-state index in [9.17, 15) is 4.79 Å². The minimum Gasteiger partial charge on any atom is -0.343 e. The highest BCUT2D eigenvalue weighted by Crippen LogP contribution is 2.28. The maximum Gasteiger partial charge on any atom is 0.219 e. The van der Waals surface area contributed by atoms with Gasteiger partial charge in [-0.3, -0.25) is 4.79 Å². The van der Waals surface area contributed by atoms with Gasteiger partial charge in [0.25, 0.3) is 0 Å². The lowest BCUT2D eigenvalue weighted by atomic mass is 9.96. The van der Waals surface area contributed by atoms with Gasteiger partial charge in [0, 0.05) is 32.1 Å². The molecule has 1 heterocycles. The Morgan fingerprint density at radius 3 is 2.29 bits per heavy atom. The van der Waals surface area contributed by atoms with Crippen LogP contribution in [0.4, 0.5) is 0 Å². The van der Waals surface area contributed by atoms with Crippen molar-refractivity contribution in [1.29, 1.82) is 0 Å². The number of hydrogen-bond acceptors (Lipinski definition) is 2. The zero-order chi connectivity index (χ0) is 12.3. The molecule has 1 N–H and O–H groups in total. The molecule has 98 valence electrons. The van der Waals surface area contributed by atoms with E-state index in [-0.39, 0.29) is 5.91 Å². The summed E-state index contributed by atoms with van der Waals surface area (Å²) in [6.07, 6.45) is 7.88. The standard InChI is InChI=1S/C14H26N2O/c1-11(13-5-3-4-6-13)15-14-7-9-16(10-8-14)12(2)17/h11,13-15H,3-10H2,1-2H3/t11-/m1/s1. The van der Waals surface area contributed by atoms with Crippen LogP contribution in [0.25, 0.3) is 0 Å². The van der Waals surface area contributed by atoms with Crippen LogP contribution < -0.4 is 5.32 Å². The Morgan fingerprint density at radius 1 is 1.18 bits per heavy atom. The number of rotatable bonds is 3. The van der Waals surface area contributed by atoms with Crippen LogP contribution in [0.5, 0.6) is 0 Å². The lowest BCUT2D eigenvalue weighted by Gasteiger charge is -2.34. The second-order valence-corrected chi connectivity index (χ2v) is 5.78. The maximum absolute atomic E-state index is 11.2. The van der Waals surface area contributed by atoms with Crippen molar-refractivity contribution in [2.45, 2.75) is 64.5 Å². The van der Waals surface area contributed by atoms with Crippen LogP contribution in [-0.2, 0) is 4.79 Å². The molecular formula is C14H26N2O. The number of hydrogen-bond donors (Lipinski definition) is 1. The van der Waals surface area contributed by atoms with Gasteiger partial charge in [0.15, 0.2) is 0 Å². The molecule has 0 spiro atoms. The zero-order valence-corrected chi connectivity index (χ0v) is 11.2. The molecule has 17 heavy (non-hydrogen) atoms. The van der Waals surface area contributed by atoms with Gasteiger partial charge < -0.3 is 10.2 Å². The summed E-state index contributed by atoms with van der Waals surface area (Å²) >= 11 is 0. The quantitative estimate of drug-likeness (QED) is 0.817. The Hall–Kier alpha value is -0.570. The minimum absolute atomic E-state index is 0.229. The maximum atomic E-state index is 11.2. The molecule has 0 aromatic rings. The molecule has 0 unspecified atom stereocenters. The van der Waals surface area contributed by atoms with Crippen molar-refractivity contribution in [3.05, 3.63) is 0 Å². The van der Waals surface area contributed by atoms with Gasteiger partial charge in [0.1, 0.15) is 0 Å². The number of carbonyl (C=O) groups is 1. The molecule has 2 aliphatic rings. The number of likely N-dealkylation sites (tertiary alicyclic amines) is 1. The van der Waals surface area contributed by atoms with Crippen molar-refractivity contribution in [3.8, 4) is 0 Å². The molecule has 1 aliphatic carbocycles. The number of nitrogens with zero attached hydrogens (tertiary/aromatic N) is 1. The molecule has 3 heteroatoms. The number of carbonyl (C=O) groups excluding carboxylic acids is 1. The fraction of sp³-hybridized carbons (Fsp3) is 0.929. The first-order valence-corrected chi connectivity index (χ1v) is 7.18. The van der Waals surface area contributed by atoms with E-state index in [2.05, 4.69) is 12.2 Å². The predicted octanol–water partition coefficient (Wildman–Crippen LogP) is 2.17. The average molecular weight is 238 g/mol. The summed E-state index contributed by atoms with van der Waals surface area (Å²) in [7, 11) is 0. The molecule has 1 amide bonds. The van der Waals surface area contributed by atoms with Gasteiger partial charge in [0.05, 0.1) is 0 Å². The van der Waals surface area contributed by atoms with E-state index in [1.807, 2.05) is 4.90 Å². The van der Waals surface area contributed by atoms with E-state index in [4.69, 9.17) is 0 Å². The van der Waals surface area contributed by atoms with Crippen LogP contribution in [0.3, 0.4) is 0 Å². The van der Waals surface area contributed by atoms with Crippen molar-refractivity contribution < 1.29 is 4.79 Å². The molecule has 1 atom stereocenters. The van der Waals surface area contributed by atoms with Gasteiger partial charge in [0.2, 0.25) is 5.91 Å². The highest BCUT2D eigenvalue weighted by Gasteiger charge is 2.26. The largest absolute Gasteiger partial charge is 0.343 e. The van der Waals surface area contributed by atoms with Crippen LogP contribution in [0.2, 0.25) is 0 Å². The van der Waals surface area contributed by atoms with E-state index < -0.39 is 0 Å². The summed E-state index contributed by atoms with van der Waals surface area (Å²) in [5, 5.41) is 3.78. The van der Waals surface area contributed by atoms with E-state index >= 15 is 0 Å².